The Bertz CT molecular complexity index is 1140. The van der Waals surface area contributed by atoms with Crippen molar-refractivity contribution in [2.45, 2.75) is 13.5 Å². The number of carbonyl (C=O) groups excluding carboxylic acids is 2. The van der Waals surface area contributed by atoms with Gasteiger partial charge in [0.25, 0.3) is 5.91 Å². The third-order valence-corrected chi connectivity index (χ3v) is 5.27. The van der Waals surface area contributed by atoms with E-state index in [1.165, 1.54) is 11.0 Å². The summed E-state index contributed by atoms with van der Waals surface area (Å²) in [6.45, 7) is 2.38. The lowest BCUT2D eigenvalue weighted by atomic mass is 10.2. The van der Waals surface area contributed by atoms with Gasteiger partial charge in [0.2, 0.25) is 5.91 Å². The summed E-state index contributed by atoms with van der Waals surface area (Å²) >= 11 is 12.7. The lowest BCUT2D eigenvalue weighted by Crippen LogP contribution is -2.22. The van der Waals surface area contributed by atoms with E-state index in [0.29, 0.717) is 28.5 Å². The Morgan fingerprint density at radius 2 is 1.84 bits per heavy atom. The van der Waals surface area contributed by atoms with Crippen molar-refractivity contribution in [3.8, 4) is 0 Å². The van der Waals surface area contributed by atoms with E-state index in [2.05, 4.69) is 10.4 Å². The third-order valence-electron chi connectivity index (χ3n) is 4.56. The summed E-state index contributed by atoms with van der Waals surface area (Å²) in [5, 5.41) is 7.92. The summed E-state index contributed by atoms with van der Waals surface area (Å²) in [6.07, 6.45) is 3.02. The molecule has 0 aliphatic rings. The van der Waals surface area contributed by atoms with Gasteiger partial charge in [-0.3, -0.25) is 9.59 Å². The number of nitrogens with zero attached hydrogens (tertiary/aromatic N) is 3. The average Bonchev–Trinajstić information content (AvgIpc) is 2.99. The number of hydrogen-bond donors (Lipinski definition) is 1. The summed E-state index contributed by atoms with van der Waals surface area (Å²) in [7, 11) is 3.29. The minimum atomic E-state index is -0.353. The quantitative estimate of drug-likeness (QED) is 0.536. The molecule has 0 saturated heterocycles. The molecule has 160 valence electrons. The average molecular weight is 457 g/mol. The molecular weight excluding hydrogens is 435 g/mol. The van der Waals surface area contributed by atoms with Crippen LogP contribution < -0.4 is 5.32 Å². The smallest absolute Gasteiger partial charge is 0.254 e. The molecule has 31 heavy (non-hydrogen) atoms. The molecule has 0 aliphatic carbocycles. The largest absolute Gasteiger partial charge is 0.345 e. The molecule has 0 spiro atoms. The first-order valence-electron chi connectivity index (χ1n) is 9.53. The molecule has 0 saturated carbocycles. The fourth-order valence-electron chi connectivity index (χ4n) is 2.97. The van der Waals surface area contributed by atoms with Gasteiger partial charge in [-0.25, -0.2) is 4.68 Å². The minimum Gasteiger partial charge on any atom is -0.345 e. The van der Waals surface area contributed by atoms with Crippen LogP contribution in [-0.2, 0) is 11.3 Å². The predicted octanol–water partition coefficient (Wildman–Crippen LogP) is 4.90. The van der Waals surface area contributed by atoms with Gasteiger partial charge >= 0.3 is 0 Å². The highest BCUT2D eigenvalue weighted by Gasteiger charge is 2.14. The van der Waals surface area contributed by atoms with Crippen LogP contribution in [0.3, 0.4) is 0 Å². The topological polar surface area (TPSA) is 67.2 Å². The number of aryl methyl sites for hydroxylation is 1. The van der Waals surface area contributed by atoms with E-state index in [0.717, 1.165) is 11.3 Å². The van der Waals surface area contributed by atoms with Gasteiger partial charge in [-0.05, 0) is 36.8 Å². The van der Waals surface area contributed by atoms with Crippen molar-refractivity contribution in [2.75, 3.05) is 19.4 Å². The molecule has 1 N–H and O–H groups in total. The zero-order valence-corrected chi connectivity index (χ0v) is 18.9. The van der Waals surface area contributed by atoms with E-state index in [-0.39, 0.29) is 16.8 Å². The maximum Gasteiger partial charge on any atom is 0.254 e. The fraction of sp³-hybridized carbons (Fsp3) is 0.174. The van der Waals surface area contributed by atoms with Crippen molar-refractivity contribution in [3.63, 3.8) is 0 Å². The first-order valence-corrected chi connectivity index (χ1v) is 10.3. The van der Waals surface area contributed by atoms with Gasteiger partial charge in [0.15, 0.2) is 0 Å². The molecule has 0 bridgehead atoms. The van der Waals surface area contributed by atoms with Crippen molar-refractivity contribution in [1.29, 1.82) is 0 Å². The Kier molecular flexibility index (Phi) is 7.15. The molecule has 2 aromatic carbocycles. The van der Waals surface area contributed by atoms with E-state index >= 15 is 0 Å². The highest BCUT2D eigenvalue weighted by Crippen LogP contribution is 2.24. The summed E-state index contributed by atoms with van der Waals surface area (Å²) in [6, 6.07) is 14.6. The Hall–Kier alpha value is -3.09. The summed E-state index contributed by atoms with van der Waals surface area (Å²) in [5.41, 5.74) is 3.33. The first kappa shape index (κ1) is 22.6. The first-order chi connectivity index (χ1) is 14.8. The van der Waals surface area contributed by atoms with Crippen LogP contribution in [-0.4, -0.2) is 40.6 Å². The number of carbonyl (C=O) groups is 2. The number of aromatic nitrogens is 2. The monoisotopic (exact) mass is 456 g/mol. The molecule has 1 aromatic heterocycles. The second kappa shape index (κ2) is 9.81. The molecule has 1 heterocycles. The van der Waals surface area contributed by atoms with E-state index in [1.54, 1.807) is 43.1 Å². The molecule has 0 fully saturated rings. The van der Waals surface area contributed by atoms with Crippen LogP contribution in [0.5, 0.6) is 0 Å². The van der Waals surface area contributed by atoms with Crippen molar-refractivity contribution in [1.82, 2.24) is 14.7 Å². The van der Waals surface area contributed by atoms with E-state index in [4.69, 9.17) is 23.2 Å². The highest BCUT2D eigenvalue weighted by molar-refractivity contribution is 6.34. The van der Waals surface area contributed by atoms with Crippen LogP contribution >= 0.6 is 23.2 Å². The van der Waals surface area contributed by atoms with Gasteiger partial charge in [-0.2, -0.15) is 5.10 Å². The number of hydrogen-bond acceptors (Lipinski definition) is 3. The number of halogens is 2. The molecule has 0 atom stereocenters. The predicted molar refractivity (Wildman–Crippen MR) is 125 cm³/mol. The number of anilines is 1. The third kappa shape index (κ3) is 5.54. The lowest BCUT2D eigenvalue weighted by Gasteiger charge is -2.12. The number of rotatable bonds is 6. The van der Waals surface area contributed by atoms with Gasteiger partial charge in [0.1, 0.15) is 5.15 Å². The van der Waals surface area contributed by atoms with E-state index < -0.39 is 0 Å². The Morgan fingerprint density at radius 3 is 2.48 bits per heavy atom. The maximum absolute atomic E-state index is 12.4. The number of amides is 2. The Labute approximate surface area is 191 Å². The van der Waals surface area contributed by atoms with Crippen LogP contribution in [0.15, 0.2) is 54.6 Å². The molecule has 2 amide bonds. The highest BCUT2D eigenvalue weighted by atomic mass is 35.5. The van der Waals surface area contributed by atoms with Gasteiger partial charge in [0.05, 0.1) is 22.8 Å². The van der Waals surface area contributed by atoms with Crippen LogP contribution in [0, 0.1) is 6.92 Å². The zero-order chi connectivity index (χ0) is 22.5. The van der Waals surface area contributed by atoms with Crippen molar-refractivity contribution in [2.24, 2.45) is 0 Å². The van der Waals surface area contributed by atoms with E-state index in [1.807, 2.05) is 37.3 Å². The second-order valence-electron chi connectivity index (χ2n) is 7.15. The number of nitrogens with one attached hydrogen (secondary N) is 1. The Balaban J connectivity index is 1.70. The molecule has 6 nitrogen and oxygen atoms in total. The summed E-state index contributed by atoms with van der Waals surface area (Å²) in [4.78, 5) is 25.9. The molecule has 3 rings (SSSR count). The normalized spacial score (nSPS) is 11.0. The molecule has 3 aromatic rings. The number of benzene rings is 2. The molecule has 0 radical (unpaired) electrons. The van der Waals surface area contributed by atoms with Gasteiger partial charge in [0, 0.05) is 31.4 Å². The van der Waals surface area contributed by atoms with Crippen LogP contribution in [0.25, 0.3) is 6.08 Å². The van der Waals surface area contributed by atoms with Crippen molar-refractivity contribution in [3.05, 3.63) is 87.2 Å². The molecule has 0 aliphatic heterocycles. The fourth-order valence-corrected chi connectivity index (χ4v) is 3.53. The van der Waals surface area contributed by atoms with Crippen molar-refractivity contribution < 1.29 is 9.59 Å². The van der Waals surface area contributed by atoms with Gasteiger partial charge < -0.3 is 10.2 Å². The van der Waals surface area contributed by atoms with Gasteiger partial charge in [-0.1, -0.05) is 53.5 Å². The summed E-state index contributed by atoms with van der Waals surface area (Å²) in [5.74, 6) is -0.561. The zero-order valence-electron chi connectivity index (χ0n) is 17.4. The SMILES string of the molecule is Cc1nn(Cc2ccccc2)c(Cl)c1/C=C/C(=O)Nc1ccc(C(=O)N(C)C)c(Cl)c1. The Morgan fingerprint density at radius 1 is 1.13 bits per heavy atom. The lowest BCUT2D eigenvalue weighted by molar-refractivity contribution is -0.111. The standard InChI is InChI=1S/C23H22Cl2N4O2/c1-15-18(22(25)29(27-15)14-16-7-5-4-6-8-16)11-12-21(30)26-17-9-10-19(20(24)13-17)23(31)28(2)3/h4-13H,14H2,1-3H3,(H,26,30)/b12-11+. The second-order valence-corrected chi connectivity index (χ2v) is 7.92. The molecule has 0 unspecified atom stereocenters. The maximum atomic E-state index is 12.4. The van der Waals surface area contributed by atoms with Crippen LogP contribution in [0.2, 0.25) is 10.2 Å². The minimum absolute atomic E-state index is 0.208. The van der Waals surface area contributed by atoms with Crippen molar-refractivity contribution >= 4 is 46.8 Å². The van der Waals surface area contributed by atoms with E-state index in [9.17, 15) is 9.59 Å². The molecule has 8 heteroatoms. The van der Waals surface area contributed by atoms with Gasteiger partial charge in [-0.15, -0.1) is 0 Å². The van der Waals surface area contributed by atoms with Crippen LogP contribution in [0.4, 0.5) is 5.69 Å². The molecular formula is C23H22Cl2N4O2. The van der Waals surface area contributed by atoms with Crippen LogP contribution in [0.1, 0.15) is 27.2 Å². The summed E-state index contributed by atoms with van der Waals surface area (Å²) < 4.78 is 1.70.